The fourth-order valence-electron chi connectivity index (χ4n) is 1.31. The van der Waals surface area contributed by atoms with E-state index in [4.69, 9.17) is 0 Å². The second kappa shape index (κ2) is 7.65. The molecule has 100 valence electrons. The van der Waals surface area contributed by atoms with E-state index in [0.717, 1.165) is 5.56 Å². The molecular weight excluding hydrogens is 359 g/mol. The molecule has 18 heavy (non-hydrogen) atoms. The van der Waals surface area contributed by atoms with Crippen LogP contribution in [0.2, 0.25) is 4.47 Å². The summed E-state index contributed by atoms with van der Waals surface area (Å²) in [5.74, 6) is -0.187. The molecule has 0 heterocycles. The zero-order valence-electron chi connectivity index (χ0n) is 9.67. The number of halogens is 3. The third-order valence-electron chi connectivity index (χ3n) is 2.15. The predicted molar refractivity (Wildman–Crippen MR) is 64.1 cm³/mol. The van der Waals surface area contributed by atoms with Gasteiger partial charge in [-0.2, -0.15) is 0 Å². The molecule has 1 amide bonds. The van der Waals surface area contributed by atoms with E-state index in [9.17, 15) is 18.0 Å². The summed E-state index contributed by atoms with van der Waals surface area (Å²) < 4.78 is 31.9. The Kier molecular flexibility index (Phi) is 6.51. The molecule has 0 fully saturated rings. The Balaban J connectivity index is 2.11. The molecule has 2 nitrogen and oxygen atoms in total. The van der Waals surface area contributed by atoms with Crippen LogP contribution in [0.15, 0.2) is 30.3 Å². The molecule has 0 saturated heterocycles. The van der Waals surface area contributed by atoms with Gasteiger partial charge in [0.15, 0.2) is 0 Å². The van der Waals surface area contributed by atoms with Crippen LogP contribution >= 0.6 is 0 Å². The second-order valence-electron chi connectivity index (χ2n) is 3.66. The van der Waals surface area contributed by atoms with Crippen LogP contribution in [0.1, 0.15) is 18.4 Å². The van der Waals surface area contributed by atoms with Gasteiger partial charge in [-0.05, 0) is 0 Å². The van der Waals surface area contributed by atoms with Gasteiger partial charge < -0.3 is 0 Å². The van der Waals surface area contributed by atoms with Gasteiger partial charge >= 0.3 is 114 Å². The molecule has 0 saturated carbocycles. The minimum atomic E-state index is -3.99. The summed E-state index contributed by atoms with van der Waals surface area (Å²) in [5, 5.41) is 2.69. The molecule has 0 radical (unpaired) electrons. The van der Waals surface area contributed by atoms with E-state index >= 15 is 0 Å². The van der Waals surface area contributed by atoms with Crippen molar-refractivity contribution in [1.82, 2.24) is 5.32 Å². The molecule has 0 unspecified atom stereocenters. The fraction of sp³-hybridized carbons (Fsp3) is 0.417. The number of hydrogen-bond acceptors (Lipinski definition) is 1. The van der Waals surface area contributed by atoms with Gasteiger partial charge in [-0.3, -0.25) is 0 Å². The van der Waals surface area contributed by atoms with E-state index in [-0.39, 0.29) is 16.8 Å². The van der Waals surface area contributed by atoms with E-state index in [0.29, 0.717) is 13.0 Å². The molecule has 6 heteroatoms. The third-order valence-corrected chi connectivity index (χ3v) is 4.49. The fourth-order valence-corrected chi connectivity index (χ4v) is 2.79. The van der Waals surface area contributed by atoms with E-state index in [1.165, 1.54) is 0 Å². The van der Waals surface area contributed by atoms with Crippen LogP contribution in [-0.2, 0) is 11.3 Å². The molecule has 1 aromatic rings. The topological polar surface area (TPSA) is 29.1 Å². The van der Waals surface area contributed by atoms with Crippen molar-refractivity contribution in [2.45, 2.75) is 28.1 Å². The van der Waals surface area contributed by atoms with E-state index < -0.39 is 25.1 Å². The molecule has 1 aromatic carbocycles. The van der Waals surface area contributed by atoms with Crippen molar-refractivity contribution in [2.75, 3.05) is 0 Å². The summed E-state index contributed by atoms with van der Waals surface area (Å²) in [7, 11) is 0. The SMILES string of the molecule is O=C(CCC[Te]C(F)(F)F)NCc1ccccc1. The number of benzene rings is 1. The van der Waals surface area contributed by atoms with Crippen molar-refractivity contribution >= 4 is 26.8 Å². The molecule has 0 aliphatic carbocycles. The summed E-state index contributed by atoms with van der Waals surface area (Å²) in [4.78, 5) is 11.4. The van der Waals surface area contributed by atoms with Crippen molar-refractivity contribution < 1.29 is 18.0 Å². The van der Waals surface area contributed by atoms with Crippen LogP contribution in [0.25, 0.3) is 0 Å². The van der Waals surface area contributed by atoms with Crippen LogP contribution in [0, 0.1) is 0 Å². The predicted octanol–water partition coefficient (Wildman–Crippen LogP) is 2.73. The van der Waals surface area contributed by atoms with Gasteiger partial charge in [0.05, 0.1) is 0 Å². The van der Waals surface area contributed by atoms with Crippen LogP contribution < -0.4 is 5.32 Å². The Hall–Kier alpha value is -0.730. The molecule has 0 atom stereocenters. The third kappa shape index (κ3) is 7.57. The number of hydrogen-bond donors (Lipinski definition) is 1. The van der Waals surface area contributed by atoms with Crippen molar-refractivity contribution in [3.05, 3.63) is 35.9 Å². The molecule has 0 aliphatic rings. The van der Waals surface area contributed by atoms with E-state index in [1.54, 1.807) is 0 Å². The number of nitrogens with one attached hydrogen (secondary N) is 1. The monoisotopic (exact) mass is 375 g/mol. The first-order valence-electron chi connectivity index (χ1n) is 5.49. The molecule has 0 spiro atoms. The van der Waals surface area contributed by atoms with Crippen molar-refractivity contribution in [2.24, 2.45) is 0 Å². The second-order valence-corrected chi connectivity index (χ2v) is 6.97. The first-order valence-corrected chi connectivity index (χ1v) is 8.30. The number of alkyl halides is 3. The average molecular weight is 373 g/mol. The zero-order valence-corrected chi connectivity index (χ0v) is 12.0. The molecule has 1 N–H and O–H groups in total. The summed E-state index contributed by atoms with van der Waals surface area (Å²) >= 11 is -1.96. The maximum absolute atomic E-state index is 11.9. The molecule has 0 bridgehead atoms. The molecule has 0 aromatic heterocycles. The first-order chi connectivity index (χ1) is 8.47. The van der Waals surface area contributed by atoms with Crippen LogP contribution in [0.3, 0.4) is 0 Å². The van der Waals surface area contributed by atoms with Gasteiger partial charge in [-0.15, -0.1) is 0 Å². The van der Waals surface area contributed by atoms with E-state index in [2.05, 4.69) is 5.32 Å². The Bertz CT molecular complexity index is 367. The van der Waals surface area contributed by atoms with Crippen molar-refractivity contribution in [3.63, 3.8) is 0 Å². The van der Waals surface area contributed by atoms with Gasteiger partial charge in [0.1, 0.15) is 0 Å². The number of carbonyl (C=O) groups excluding carboxylic acids is 1. The number of carbonyl (C=O) groups is 1. The zero-order chi connectivity index (χ0) is 13.4. The number of rotatable bonds is 6. The van der Waals surface area contributed by atoms with Gasteiger partial charge in [0.2, 0.25) is 0 Å². The average Bonchev–Trinajstić information content (AvgIpc) is 2.32. The van der Waals surface area contributed by atoms with Crippen LogP contribution in [0.4, 0.5) is 13.2 Å². The van der Waals surface area contributed by atoms with Gasteiger partial charge in [0, 0.05) is 0 Å². The Morgan fingerprint density at radius 2 is 1.89 bits per heavy atom. The van der Waals surface area contributed by atoms with Crippen molar-refractivity contribution in [3.8, 4) is 0 Å². The summed E-state index contributed by atoms with van der Waals surface area (Å²) in [6.45, 7) is 0.426. The molecular formula is C12H14F3NOTe. The van der Waals surface area contributed by atoms with E-state index in [1.807, 2.05) is 30.3 Å². The van der Waals surface area contributed by atoms with Gasteiger partial charge in [0.25, 0.3) is 0 Å². The Morgan fingerprint density at radius 1 is 1.22 bits per heavy atom. The molecule has 1 rings (SSSR count). The van der Waals surface area contributed by atoms with Gasteiger partial charge in [-0.25, -0.2) is 0 Å². The van der Waals surface area contributed by atoms with Gasteiger partial charge in [-0.1, -0.05) is 0 Å². The summed E-state index contributed by atoms with van der Waals surface area (Å²) in [6.07, 6.45) is 0.496. The standard InChI is InChI=1S/C12H14F3NOTe/c13-12(14,15)18-8-4-7-11(17)16-9-10-5-2-1-3-6-10/h1-3,5-6H,4,7-9H2,(H,16,17). The van der Waals surface area contributed by atoms with Crippen molar-refractivity contribution in [1.29, 1.82) is 0 Å². The van der Waals surface area contributed by atoms with Crippen LogP contribution in [-0.4, -0.2) is 31.1 Å². The minimum absolute atomic E-state index is 0.132. The normalized spacial score (nSPS) is 11.3. The first kappa shape index (κ1) is 15.3. The Labute approximate surface area is 114 Å². The maximum atomic E-state index is 11.9. The summed E-state index contributed by atoms with van der Waals surface area (Å²) in [5.41, 5.74) is 0.981. The quantitative estimate of drug-likeness (QED) is 0.604. The van der Waals surface area contributed by atoms with Crippen LogP contribution in [0.5, 0.6) is 0 Å². The molecule has 0 aliphatic heterocycles. The summed E-state index contributed by atoms with van der Waals surface area (Å²) in [6, 6.07) is 9.39. The number of amides is 1. The Morgan fingerprint density at radius 3 is 2.50 bits per heavy atom.